The Morgan fingerprint density at radius 2 is 1.95 bits per heavy atom. The van der Waals surface area contributed by atoms with Crippen molar-refractivity contribution in [2.45, 2.75) is 64.2 Å². The van der Waals surface area contributed by atoms with E-state index in [0.29, 0.717) is 0 Å². The zero-order chi connectivity index (χ0) is 14.3. The third kappa shape index (κ3) is 2.95. The van der Waals surface area contributed by atoms with Crippen molar-refractivity contribution in [3.8, 4) is 0 Å². The van der Waals surface area contributed by atoms with Crippen LogP contribution in [0.5, 0.6) is 0 Å². The fraction of sp³-hybridized carbons (Fsp3) is 0.769. The first-order valence-corrected chi connectivity index (χ1v) is 6.77. The summed E-state index contributed by atoms with van der Waals surface area (Å²) in [6, 6.07) is -0.139. The van der Waals surface area contributed by atoms with Crippen LogP contribution in [-0.4, -0.2) is 35.6 Å². The first-order chi connectivity index (χ1) is 8.71. The average molecular weight is 267 g/mol. The molecule has 5 nitrogen and oxygen atoms in total. The first kappa shape index (κ1) is 14.4. The maximum Gasteiger partial charge on any atom is 0.490 e. The smallest absolute Gasteiger partial charge is 0.465 e. The van der Waals surface area contributed by atoms with E-state index in [1.165, 1.54) is 0 Å². The Morgan fingerprint density at radius 3 is 2.47 bits per heavy atom. The molecule has 1 atom stereocenters. The van der Waals surface area contributed by atoms with E-state index in [1.54, 1.807) is 0 Å². The molecule has 0 spiro atoms. The lowest BCUT2D eigenvalue weighted by atomic mass is 9.72. The van der Waals surface area contributed by atoms with E-state index < -0.39 is 6.09 Å². The minimum absolute atomic E-state index is 0.139. The van der Waals surface area contributed by atoms with Gasteiger partial charge in [-0.25, -0.2) is 4.79 Å². The molecule has 2 aliphatic rings. The van der Waals surface area contributed by atoms with E-state index in [-0.39, 0.29) is 24.4 Å². The molecule has 1 aliphatic heterocycles. The molecule has 1 saturated heterocycles. The largest absolute Gasteiger partial charge is 0.490 e. The number of nitrogens with one attached hydrogen (secondary N) is 1. The lowest BCUT2D eigenvalue weighted by molar-refractivity contribution is 0.00578. The van der Waals surface area contributed by atoms with Crippen LogP contribution in [0.25, 0.3) is 0 Å². The van der Waals surface area contributed by atoms with Gasteiger partial charge in [0.2, 0.25) is 0 Å². The molecule has 106 valence electrons. The van der Waals surface area contributed by atoms with Crippen molar-refractivity contribution < 1.29 is 19.2 Å². The molecule has 1 aliphatic carbocycles. The predicted molar refractivity (Wildman–Crippen MR) is 73.0 cm³/mol. The normalized spacial score (nSPS) is 28.9. The second-order valence-corrected chi connectivity index (χ2v) is 6.28. The van der Waals surface area contributed by atoms with E-state index in [2.05, 4.69) is 5.32 Å². The zero-order valence-corrected chi connectivity index (χ0v) is 12.0. The van der Waals surface area contributed by atoms with Crippen molar-refractivity contribution in [1.82, 2.24) is 5.32 Å². The Morgan fingerprint density at radius 1 is 1.37 bits per heavy atom. The minimum Gasteiger partial charge on any atom is -0.465 e. The number of carbonyl (C=O) groups is 1. The molecule has 6 heteroatoms. The van der Waals surface area contributed by atoms with Crippen molar-refractivity contribution in [1.29, 1.82) is 0 Å². The number of rotatable bonds is 2. The van der Waals surface area contributed by atoms with Gasteiger partial charge in [-0.05, 0) is 52.4 Å². The van der Waals surface area contributed by atoms with Crippen LogP contribution >= 0.6 is 0 Å². The zero-order valence-electron chi connectivity index (χ0n) is 12.0. The van der Waals surface area contributed by atoms with Gasteiger partial charge < -0.3 is 19.7 Å². The molecule has 1 fully saturated rings. The Balaban J connectivity index is 2.10. The second-order valence-electron chi connectivity index (χ2n) is 6.28. The van der Waals surface area contributed by atoms with E-state index in [9.17, 15) is 4.79 Å². The highest BCUT2D eigenvalue weighted by Crippen LogP contribution is 2.40. The molecular formula is C13H22BNO4. The van der Waals surface area contributed by atoms with Gasteiger partial charge in [-0.2, -0.15) is 0 Å². The summed E-state index contributed by atoms with van der Waals surface area (Å²) in [7, 11) is -0.358. The van der Waals surface area contributed by atoms with Crippen LogP contribution in [0.3, 0.4) is 0 Å². The molecule has 1 heterocycles. The molecular weight excluding hydrogens is 245 g/mol. The Hall–Kier alpha value is -1.01. The van der Waals surface area contributed by atoms with Crippen LogP contribution in [0.4, 0.5) is 4.79 Å². The molecule has 0 aromatic rings. The van der Waals surface area contributed by atoms with Gasteiger partial charge in [-0.1, -0.05) is 6.08 Å². The van der Waals surface area contributed by atoms with Gasteiger partial charge >= 0.3 is 13.2 Å². The van der Waals surface area contributed by atoms with Crippen molar-refractivity contribution in [3.63, 3.8) is 0 Å². The lowest BCUT2D eigenvalue weighted by Gasteiger charge is -2.32. The van der Waals surface area contributed by atoms with E-state index in [0.717, 1.165) is 24.7 Å². The highest BCUT2D eigenvalue weighted by Gasteiger charge is 2.52. The van der Waals surface area contributed by atoms with Gasteiger partial charge in [0, 0.05) is 0 Å². The maximum atomic E-state index is 10.7. The summed E-state index contributed by atoms with van der Waals surface area (Å²) in [5.74, 6) is 0. The number of allylic oxidation sites excluding steroid dienone is 1. The Bertz CT molecular complexity index is 389. The standard InChI is InChI=1S/C13H22BNO4/c1-12(2)13(3,4)19-14(18-12)9-6-5-7-10(8-9)15-11(16)17/h8,10,15H,5-7H2,1-4H3,(H,16,17). The highest BCUT2D eigenvalue weighted by atomic mass is 16.7. The van der Waals surface area contributed by atoms with Gasteiger partial charge in [0.05, 0.1) is 17.2 Å². The molecule has 0 saturated carbocycles. The number of carboxylic acid groups (broad SMARTS) is 1. The third-order valence-corrected chi connectivity index (χ3v) is 4.26. The molecule has 0 aromatic heterocycles. The molecule has 0 aromatic carbocycles. The van der Waals surface area contributed by atoms with Crippen LogP contribution in [0.15, 0.2) is 11.5 Å². The topological polar surface area (TPSA) is 67.8 Å². The summed E-state index contributed by atoms with van der Waals surface area (Å²) in [4.78, 5) is 10.7. The SMILES string of the molecule is CC1(C)OB(C2=CC(NC(=O)O)CCC2)OC1(C)C. The third-order valence-electron chi connectivity index (χ3n) is 4.26. The van der Waals surface area contributed by atoms with Gasteiger partial charge in [0.25, 0.3) is 0 Å². The predicted octanol–water partition coefficient (Wildman–Crippen LogP) is 2.36. The fourth-order valence-corrected chi connectivity index (χ4v) is 2.41. The van der Waals surface area contributed by atoms with Gasteiger partial charge in [0.15, 0.2) is 0 Å². The van der Waals surface area contributed by atoms with Gasteiger partial charge in [-0.3, -0.25) is 0 Å². The number of amides is 1. The molecule has 2 rings (SSSR count). The van der Waals surface area contributed by atoms with E-state index >= 15 is 0 Å². The quantitative estimate of drug-likeness (QED) is 0.753. The Labute approximate surface area is 114 Å². The summed E-state index contributed by atoms with van der Waals surface area (Å²) in [5.41, 5.74) is 0.334. The first-order valence-electron chi connectivity index (χ1n) is 6.77. The van der Waals surface area contributed by atoms with Crippen LogP contribution in [-0.2, 0) is 9.31 Å². The molecule has 1 amide bonds. The number of hydrogen-bond donors (Lipinski definition) is 2. The van der Waals surface area contributed by atoms with Gasteiger partial charge in [-0.15, -0.1) is 0 Å². The molecule has 0 radical (unpaired) electrons. The molecule has 1 unspecified atom stereocenters. The van der Waals surface area contributed by atoms with Crippen LogP contribution < -0.4 is 5.32 Å². The highest BCUT2D eigenvalue weighted by molar-refractivity contribution is 6.54. The summed E-state index contributed by atoms with van der Waals surface area (Å²) >= 11 is 0. The summed E-state index contributed by atoms with van der Waals surface area (Å²) < 4.78 is 12.0. The summed E-state index contributed by atoms with van der Waals surface area (Å²) in [5, 5.41) is 11.3. The molecule has 0 bridgehead atoms. The van der Waals surface area contributed by atoms with Crippen LogP contribution in [0, 0.1) is 0 Å². The maximum absolute atomic E-state index is 10.7. The van der Waals surface area contributed by atoms with Gasteiger partial charge in [0.1, 0.15) is 0 Å². The van der Waals surface area contributed by atoms with Crippen LogP contribution in [0.2, 0.25) is 0 Å². The van der Waals surface area contributed by atoms with E-state index in [4.69, 9.17) is 14.4 Å². The fourth-order valence-electron chi connectivity index (χ4n) is 2.41. The molecule has 2 N–H and O–H groups in total. The second kappa shape index (κ2) is 4.83. The number of hydrogen-bond acceptors (Lipinski definition) is 3. The van der Waals surface area contributed by atoms with Crippen LogP contribution in [0.1, 0.15) is 47.0 Å². The van der Waals surface area contributed by atoms with Crippen molar-refractivity contribution in [3.05, 3.63) is 11.5 Å². The van der Waals surface area contributed by atoms with Crippen molar-refractivity contribution in [2.24, 2.45) is 0 Å². The summed E-state index contributed by atoms with van der Waals surface area (Å²) in [6.07, 6.45) is 3.63. The molecule has 19 heavy (non-hydrogen) atoms. The van der Waals surface area contributed by atoms with Crippen molar-refractivity contribution >= 4 is 13.2 Å². The average Bonchev–Trinajstić information content (AvgIpc) is 2.47. The monoisotopic (exact) mass is 267 g/mol. The minimum atomic E-state index is -0.989. The Kier molecular flexibility index (Phi) is 3.66. The van der Waals surface area contributed by atoms with Crippen molar-refractivity contribution in [2.75, 3.05) is 0 Å². The summed E-state index contributed by atoms with van der Waals surface area (Å²) in [6.45, 7) is 8.07. The lowest BCUT2D eigenvalue weighted by Crippen LogP contribution is -2.41. The van der Waals surface area contributed by atoms with E-state index in [1.807, 2.05) is 33.8 Å².